The second-order valence-electron chi connectivity index (χ2n) is 3.10. The van der Waals surface area contributed by atoms with Gasteiger partial charge in [-0.15, -0.1) is 0 Å². The molecule has 3 nitrogen and oxygen atoms in total. The number of piperazine rings is 1. The Balaban J connectivity index is 2.10. The van der Waals surface area contributed by atoms with Crippen LogP contribution in [-0.2, 0) is 0 Å². The summed E-state index contributed by atoms with van der Waals surface area (Å²) in [5.74, 6) is 0. The molecule has 2 rings (SSSR count). The van der Waals surface area contributed by atoms with E-state index in [4.69, 9.17) is 5.21 Å². The maximum absolute atomic E-state index is 9.14. The summed E-state index contributed by atoms with van der Waals surface area (Å²) in [5.41, 5.74) is 0. The third-order valence-electron chi connectivity index (χ3n) is 2.49. The third-order valence-corrected chi connectivity index (χ3v) is 2.49. The molecule has 0 spiro atoms. The van der Waals surface area contributed by atoms with Gasteiger partial charge in [-0.2, -0.15) is 5.06 Å². The zero-order chi connectivity index (χ0) is 6.43. The SMILES string of the molecule is CN1C[C@H]2C[C@@H]1CN2O. The highest BCUT2D eigenvalue weighted by atomic mass is 16.5. The molecule has 0 aliphatic carbocycles. The molecule has 2 bridgehead atoms. The molecule has 2 atom stereocenters. The van der Waals surface area contributed by atoms with Crippen LogP contribution in [0.3, 0.4) is 0 Å². The molecular weight excluding hydrogens is 116 g/mol. The summed E-state index contributed by atoms with van der Waals surface area (Å²) in [7, 11) is 2.12. The zero-order valence-corrected chi connectivity index (χ0v) is 5.62. The summed E-state index contributed by atoms with van der Waals surface area (Å²) < 4.78 is 0. The Morgan fingerprint density at radius 2 is 2.11 bits per heavy atom. The van der Waals surface area contributed by atoms with Crippen molar-refractivity contribution in [3.05, 3.63) is 0 Å². The quantitative estimate of drug-likeness (QED) is 0.488. The molecule has 9 heavy (non-hydrogen) atoms. The first-order valence-electron chi connectivity index (χ1n) is 3.43. The van der Waals surface area contributed by atoms with Gasteiger partial charge in [0, 0.05) is 25.2 Å². The van der Waals surface area contributed by atoms with Crippen molar-refractivity contribution < 1.29 is 5.21 Å². The highest BCUT2D eigenvalue weighted by Gasteiger charge is 2.40. The summed E-state index contributed by atoms with van der Waals surface area (Å²) in [5, 5.41) is 10.6. The van der Waals surface area contributed by atoms with E-state index in [0.29, 0.717) is 12.1 Å². The number of nitrogens with zero attached hydrogens (tertiary/aromatic N) is 2. The molecule has 2 aliphatic rings. The van der Waals surface area contributed by atoms with E-state index < -0.39 is 0 Å². The Kier molecular flexibility index (Phi) is 1.06. The van der Waals surface area contributed by atoms with E-state index in [9.17, 15) is 0 Å². The fourth-order valence-corrected chi connectivity index (χ4v) is 1.84. The molecule has 2 fully saturated rings. The first kappa shape index (κ1) is 5.65. The Morgan fingerprint density at radius 1 is 1.33 bits per heavy atom. The van der Waals surface area contributed by atoms with Gasteiger partial charge in [-0.05, 0) is 13.5 Å². The van der Waals surface area contributed by atoms with Crippen LogP contribution >= 0.6 is 0 Å². The molecule has 1 N–H and O–H groups in total. The second kappa shape index (κ2) is 1.68. The minimum Gasteiger partial charge on any atom is -0.314 e. The number of hydroxylamine groups is 2. The van der Waals surface area contributed by atoms with E-state index in [2.05, 4.69) is 11.9 Å². The number of likely N-dealkylation sites (N-methyl/N-ethyl adjacent to an activating group) is 1. The van der Waals surface area contributed by atoms with Gasteiger partial charge in [-0.25, -0.2) is 0 Å². The molecule has 3 heteroatoms. The fourth-order valence-electron chi connectivity index (χ4n) is 1.84. The Hall–Kier alpha value is -0.120. The standard InChI is InChI=1S/C6H12N2O/c1-7-3-6-2-5(7)4-8(6)9/h5-6,9H,2-4H2,1H3/t5-,6-/m1/s1. The van der Waals surface area contributed by atoms with E-state index in [1.165, 1.54) is 5.06 Å². The molecule has 2 heterocycles. The van der Waals surface area contributed by atoms with Gasteiger partial charge in [-0.3, -0.25) is 0 Å². The van der Waals surface area contributed by atoms with Crippen LogP contribution < -0.4 is 0 Å². The summed E-state index contributed by atoms with van der Waals surface area (Å²) in [4.78, 5) is 2.32. The van der Waals surface area contributed by atoms with Crippen molar-refractivity contribution in [2.24, 2.45) is 0 Å². The van der Waals surface area contributed by atoms with Crippen molar-refractivity contribution in [3.8, 4) is 0 Å². The van der Waals surface area contributed by atoms with Crippen LogP contribution in [0.5, 0.6) is 0 Å². The molecule has 52 valence electrons. The van der Waals surface area contributed by atoms with Crippen molar-refractivity contribution in [3.63, 3.8) is 0 Å². The first-order valence-corrected chi connectivity index (χ1v) is 3.43. The van der Waals surface area contributed by atoms with Gasteiger partial charge >= 0.3 is 0 Å². The summed E-state index contributed by atoms with van der Waals surface area (Å²) in [6, 6.07) is 1.06. The van der Waals surface area contributed by atoms with Crippen LogP contribution in [0.2, 0.25) is 0 Å². The maximum atomic E-state index is 9.14. The number of fused-ring (bicyclic) bond motifs is 2. The minimum absolute atomic E-state index is 0.431. The summed E-state index contributed by atoms with van der Waals surface area (Å²) in [6.07, 6.45) is 1.16. The third kappa shape index (κ3) is 0.689. The van der Waals surface area contributed by atoms with Gasteiger partial charge in [0.05, 0.1) is 0 Å². The predicted molar refractivity (Wildman–Crippen MR) is 33.3 cm³/mol. The lowest BCUT2D eigenvalue weighted by atomic mass is 10.2. The zero-order valence-electron chi connectivity index (χ0n) is 5.62. The van der Waals surface area contributed by atoms with Crippen molar-refractivity contribution in [2.45, 2.75) is 18.5 Å². The van der Waals surface area contributed by atoms with Gasteiger partial charge in [0.15, 0.2) is 0 Å². The number of rotatable bonds is 0. The van der Waals surface area contributed by atoms with Gasteiger partial charge in [0.2, 0.25) is 0 Å². The molecule has 0 saturated carbocycles. The van der Waals surface area contributed by atoms with Crippen molar-refractivity contribution >= 4 is 0 Å². The van der Waals surface area contributed by atoms with E-state index in [1.54, 1.807) is 0 Å². The van der Waals surface area contributed by atoms with E-state index >= 15 is 0 Å². The minimum atomic E-state index is 0.431. The number of likely N-dealkylation sites (tertiary alicyclic amines) is 1. The van der Waals surface area contributed by atoms with Crippen molar-refractivity contribution in [1.29, 1.82) is 0 Å². The molecular formula is C6H12N2O. The Bertz CT molecular complexity index is 110. The first-order chi connectivity index (χ1) is 4.27. The van der Waals surface area contributed by atoms with Gasteiger partial charge in [0.25, 0.3) is 0 Å². The molecule has 0 aromatic rings. The van der Waals surface area contributed by atoms with E-state index in [1.807, 2.05) is 0 Å². The molecule has 0 unspecified atom stereocenters. The Labute approximate surface area is 54.8 Å². The van der Waals surface area contributed by atoms with Crippen LogP contribution in [0, 0.1) is 0 Å². The van der Waals surface area contributed by atoms with Crippen molar-refractivity contribution in [1.82, 2.24) is 9.96 Å². The smallest absolute Gasteiger partial charge is 0.0493 e. The lowest BCUT2D eigenvalue weighted by Crippen LogP contribution is -2.42. The highest BCUT2D eigenvalue weighted by molar-refractivity contribution is 4.94. The van der Waals surface area contributed by atoms with Crippen LogP contribution in [0.15, 0.2) is 0 Å². The molecule has 0 aromatic heterocycles. The predicted octanol–water partition coefficient (Wildman–Crippen LogP) is -0.236. The second-order valence-corrected chi connectivity index (χ2v) is 3.10. The van der Waals surface area contributed by atoms with E-state index in [0.717, 1.165) is 19.5 Å². The average Bonchev–Trinajstić information content (AvgIpc) is 2.24. The molecule has 0 radical (unpaired) electrons. The topological polar surface area (TPSA) is 26.7 Å². The average molecular weight is 128 g/mol. The summed E-state index contributed by atoms with van der Waals surface area (Å²) in [6.45, 7) is 1.89. The lowest BCUT2D eigenvalue weighted by molar-refractivity contribution is -0.122. The van der Waals surface area contributed by atoms with Gasteiger partial charge < -0.3 is 10.1 Å². The number of hydrogen-bond donors (Lipinski definition) is 1. The normalized spacial score (nSPS) is 44.7. The number of hydrogen-bond acceptors (Lipinski definition) is 3. The lowest BCUT2D eigenvalue weighted by Gasteiger charge is -2.26. The van der Waals surface area contributed by atoms with Crippen LogP contribution in [0.4, 0.5) is 0 Å². The van der Waals surface area contributed by atoms with Gasteiger partial charge in [0.1, 0.15) is 0 Å². The molecule has 0 aromatic carbocycles. The van der Waals surface area contributed by atoms with Crippen LogP contribution in [-0.4, -0.2) is 47.4 Å². The van der Waals surface area contributed by atoms with Gasteiger partial charge in [-0.1, -0.05) is 0 Å². The molecule has 0 amide bonds. The maximum Gasteiger partial charge on any atom is 0.0493 e. The molecule has 2 aliphatic heterocycles. The molecule has 2 saturated heterocycles. The Morgan fingerprint density at radius 3 is 2.44 bits per heavy atom. The fraction of sp³-hybridized carbons (Fsp3) is 1.00. The van der Waals surface area contributed by atoms with Crippen LogP contribution in [0.25, 0.3) is 0 Å². The summed E-state index contributed by atoms with van der Waals surface area (Å²) >= 11 is 0. The highest BCUT2D eigenvalue weighted by Crippen LogP contribution is 2.26. The largest absolute Gasteiger partial charge is 0.314 e. The van der Waals surface area contributed by atoms with Crippen LogP contribution in [0.1, 0.15) is 6.42 Å². The monoisotopic (exact) mass is 128 g/mol. The van der Waals surface area contributed by atoms with E-state index in [-0.39, 0.29) is 0 Å². The van der Waals surface area contributed by atoms with Crippen molar-refractivity contribution in [2.75, 3.05) is 20.1 Å².